The molecule has 3 aromatic carbocycles. The second-order valence-electron chi connectivity index (χ2n) is 10.3. The number of rotatable bonds is 8. The Balaban J connectivity index is 1.54. The third-order valence-electron chi connectivity index (χ3n) is 7.29. The van der Waals surface area contributed by atoms with Crippen molar-refractivity contribution in [3.63, 3.8) is 0 Å². The molecule has 0 saturated carbocycles. The van der Waals surface area contributed by atoms with Crippen LogP contribution >= 0.6 is 11.3 Å². The van der Waals surface area contributed by atoms with Gasteiger partial charge in [0, 0.05) is 12.0 Å². The molecule has 0 spiro atoms. The maximum atomic E-state index is 13.7. The molecule has 8 nitrogen and oxygen atoms in total. The Labute approximate surface area is 247 Å². The largest absolute Gasteiger partial charge is 0.507 e. The number of amides is 1. The molecule has 3 heterocycles. The van der Waals surface area contributed by atoms with E-state index in [0.29, 0.717) is 40.8 Å². The van der Waals surface area contributed by atoms with Crippen LogP contribution in [0.15, 0.2) is 72.8 Å². The summed E-state index contributed by atoms with van der Waals surface area (Å²) in [6, 6.07) is 15.4. The molecular weight excluding hydrogens is 552 g/mol. The molecule has 0 aliphatic carbocycles. The van der Waals surface area contributed by atoms with Gasteiger partial charge < -0.3 is 19.3 Å². The van der Waals surface area contributed by atoms with Crippen molar-refractivity contribution in [1.29, 1.82) is 0 Å². The standard InChI is InChI=1S/C33H30N2O6S/c1-5-13-40-25-12-8-20(17-26(25)39-6-2)29-28(30(36)21-9-11-24-22(16-21)15-19(4)41-24)31(37)32(38)35(29)33-34-23-10-7-18(3)14-27(23)42-33/h5,7-12,14,16-17,19,29,36H,1,6,13,15H2,2-4H3/b30-28+. The number of carbonyl (C=O) groups is 2. The van der Waals surface area contributed by atoms with Crippen LogP contribution in [0.3, 0.4) is 0 Å². The number of hydrogen-bond acceptors (Lipinski definition) is 8. The third-order valence-corrected chi connectivity index (χ3v) is 8.31. The molecule has 42 heavy (non-hydrogen) atoms. The van der Waals surface area contributed by atoms with E-state index >= 15 is 0 Å². The Hall–Kier alpha value is -4.63. The van der Waals surface area contributed by atoms with Crippen LogP contribution in [0.5, 0.6) is 17.2 Å². The van der Waals surface area contributed by atoms with Gasteiger partial charge in [-0.1, -0.05) is 36.1 Å². The highest BCUT2D eigenvalue weighted by molar-refractivity contribution is 7.22. The van der Waals surface area contributed by atoms with Gasteiger partial charge in [0.15, 0.2) is 16.6 Å². The van der Waals surface area contributed by atoms with Crippen LogP contribution in [0.2, 0.25) is 0 Å². The highest BCUT2D eigenvalue weighted by atomic mass is 32.1. The molecule has 214 valence electrons. The molecular formula is C33H30N2O6S. The van der Waals surface area contributed by atoms with Crippen molar-refractivity contribution in [3.8, 4) is 17.2 Å². The number of aliphatic hydroxyl groups is 1. The number of aliphatic hydroxyl groups excluding tert-OH is 1. The van der Waals surface area contributed by atoms with Gasteiger partial charge in [0.2, 0.25) is 0 Å². The molecule has 1 saturated heterocycles. The zero-order valence-corrected chi connectivity index (χ0v) is 24.4. The summed E-state index contributed by atoms with van der Waals surface area (Å²) < 4.78 is 18.4. The Bertz CT molecular complexity index is 1770. The van der Waals surface area contributed by atoms with E-state index in [-0.39, 0.29) is 24.0 Å². The fourth-order valence-corrected chi connectivity index (χ4v) is 6.51. The van der Waals surface area contributed by atoms with E-state index in [0.717, 1.165) is 27.1 Å². The Morgan fingerprint density at radius 2 is 1.98 bits per heavy atom. The summed E-state index contributed by atoms with van der Waals surface area (Å²) in [4.78, 5) is 33.6. The molecule has 2 atom stereocenters. The number of benzene rings is 3. The molecule has 9 heteroatoms. The van der Waals surface area contributed by atoms with Crippen LogP contribution < -0.4 is 19.1 Å². The van der Waals surface area contributed by atoms with Gasteiger partial charge in [0.25, 0.3) is 5.78 Å². The van der Waals surface area contributed by atoms with Gasteiger partial charge in [0.1, 0.15) is 24.2 Å². The molecule has 1 N–H and O–H groups in total. The Morgan fingerprint density at radius 3 is 2.76 bits per heavy atom. The van der Waals surface area contributed by atoms with Crippen LogP contribution in [-0.4, -0.2) is 41.1 Å². The lowest BCUT2D eigenvalue weighted by molar-refractivity contribution is -0.132. The maximum Gasteiger partial charge on any atom is 0.301 e. The van der Waals surface area contributed by atoms with Gasteiger partial charge in [-0.3, -0.25) is 14.5 Å². The fraction of sp³-hybridized carbons (Fsp3) is 0.242. The summed E-state index contributed by atoms with van der Waals surface area (Å²) in [6.07, 6.45) is 2.34. The van der Waals surface area contributed by atoms with Crippen LogP contribution in [0, 0.1) is 6.92 Å². The number of thiazole rings is 1. The van der Waals surface area contributed by atoms with E-state index in [1.54, 1.807) is 36.4 Å². The zero-order chi connectivity index (χ0) is 29.5. The second kappa shape index (κ2) is 11.0. The quantitative estimate of drug-likeness (QED) is 0.109. The number of aryl methyl sites for hydroxylation is 1. The third kappa shape index (κ3) is 4.79. The van der Waals surface area contributed by atoms with Crippen molar-refractivity contribution in [1.82, 2.24) is 4.98 Å². The lowest BCUT2D eigenvalue weighted by Crippen LogP contribution is -2.29. The molecule has 0 radical (unpaired) electrons. The monoisotopic (exact) mass is 582 g/mol. The van der Waals surface area contributed by atoms with Gasteiger partial charge in [-0.05, 0) is 79.9 Å². The van der Waals surface area contributed by atoms with Crippen LogP contribution in [0.1, 0.15) is 42.1 Å². The number of aromatic nitrogens is 1. The Morgan fingerprint density at radius 1 is 1.14 bits per heavy atom. The average Bonchev–Trinajstić information content (AvgIpc) is 3.63. The van der Waals surface area contributed by atoms with Crippen molar-refractivity contribution in [2.45, 2.75) is 39.3 Å². The smallest absolute Gasteiger partial charge is 0.301 e. The van der Waals surface area contributed by atoms with E-state index in [4.69, 9.17) is 19.2 Å². The van der Waals surface area contributed by atoms with Crippen LogP contribution in [0.25, 0.3) is 16.0 Å². The topological polar surface area (TPSA) is 98.2 Å². The Kier molecular flexibility index (Phi) is 7.20. The number of nitrogens with zero attached hydrogens (tertiary/aromatic N) is 2. The van der Waals surface area contributed by atoms with Crippen molar-refractivity contribution < 1.29 is 28.9 Å². The normalized spacial score (nSPS) is 19.2. The van der Waals surface area contributed by atoms with Gasteiger partial charge >= 0.3 is 5.91 Å². The van der Waals surface area contributed by atoms with Gasteiger partial charge in [0.05, 0.1) is 28.4 Å². The van der Waals surface area contributed by atoms with E-state index in [1.807, 2.05) is 45.0 Å². The van der Waals surface area contributed by atoms with Gasteiger partial charge in [-0.2, -0.15) is 0 Å². The van der Waals surface area contributed by atoms with Gasteiger partial charge in [-0.15, -0.1) is 0 Å². The van der Waals surface area contributed by atoms with Crippen LogP contribution in [-0.2, 0) is 16.0 Å². The minimum absolute atomic E-state index is 0.0180. The molecule has 1 amide bonds. The highest BCUT2D eigenvalue weighted by Crippen LogP contribution is 2.46. The molecule has 1 aromatic heterocycles. The van der Waals surface area contributed by atoms with E-state index < -0.39 is 17.7 Å². The summed E-state index contributed by atoms with van der Waals surface area (Å²) in [5, 5.41) is 12.0. The fourth-order valence-electron chi connectivity index (χ4n) is 5.42. The predicted molar refractivity (Wildman–Crippen MR) is 163 cm³/mol. The van der Waals surface area contributed by atoms with E-state index in [1.165, 1.54) is 16.2 Å². The number of ether oxygens (including phenoxy) is 3. The molecule has 2 aliphatic heterocycles. The number of hydrogen-bond donors (Lipinski definition) is 1. The molecule has 0 bridgehead atoms. The minimum Gasteiger partial charge on any atom is -0.507 e. The summed E-state index contributed by atoms with van der Waals surface area (Å²) in [5.41, 5.74) is 3.69. The summed E-state index contributed by atoms with van der Waals surface area (Å²) >= 11 is 1.32. The van der Waals surface area contributed by atoms with Gasteiger partial charge in [-0.25, -0.2) is 4.98 Å². The number of ketones is 1. The molecule has 6 rings (SSSR count). The van der Waals surface area contributed by atoms with E-state index in [9.17, 15) is 14.7 Å². The summed E-state index contributed by atoms with van der Waals surface area (Å²) in [7, 11) is 0. The van der Waals surface area contributed by atoms with Crippen molar-refractivity contribution >= 4 is 44.1 Å². The number of anilines is 1. The number of Topliss-reactive ketones (excluding diaryl/α,β-unsaturated/α-hetero) is 1. The van der Waals surface area contributed by atoms with E-state index in [2.05, 4.69) is 6.58 Å². The zero-order valence-electron chi connectivity index (χ0n) is 23.5. The predicted octanol–water partition coefficient (Wildman–Crippen LogP) is 6.52. The highest BCUT2D eigenvalue weighted by Gasteiger charge is 2.48. The van der Waals surface area contributed by atoms with Crippen molar-refractivity contribution in [2.75, 3.05) is 18.1 Å². The molecule has 2 unspecified atom stereocenters. The number of fused-ring (bicyclic) bond motifs is 2. The SMILES string of the molecule is C=CCOc1ccc(C2/C(=C(\O)c3ccc4c(c3)CC(C)O4)C(=O)C(=O)N2c2nc3ccc(C)cc3s2)cc1OCC. The minimum atomic E-state index is -0.956. The summed E-state index contributed by atoms with van der Waals surface area (Å²) in [5.74, 6) is -0.113. The lowest BCUT2D eigenvalue weighted by atomic mass is 9.94. The molecule has 4 aromatic rings. The lowest BCUT2D eigenvalue weighted by Gasteiger charge is -2.24. The first-order valence-electron chi connectivity index (χ1n) is 13.8. The number of carbonyl (C=O) groups excluding carboxylic acids is 2. The first kappa shape index (κ1) is 27.5. The summed E-state index contributed by atoms with van der Waals surface area (Å²) in [6.45, 7) is 10.2. The average molecular weight is 583 g/mol. The first-order chi connectivity index (χ1) is 20.3. The van der Waals surface area contributed by atoms with Crippen LogP contribution in [0.4, 0.5) is 5.13 Å². The van der Waals surface area contributed by atoms with Crippen molar-refractivity contribution in [2.24, 2.45) is 0 Å². The maximum absolute atomic E-state index is 13.7. The van der Waals surface area contributed by atoms with Crippen molar-refractivity contribution in [3.05, 3.63) is 95.1 Å². The molecule has 2 aliphatic rings. The second-order valence-corrected chi connectivity index (χ2v) is 11.3. The first-order valence-corrected chi connectivity index (χ1v) is 14.6. The molecule has 1 fully saturated rings.